The molecule has 2 aromatic rings. The lowest BCUT2D eigenvalue weighted by atomic mass is 9.80. The largest absolute Gasteiger partial charge is 0.508 e. The van der Waals surface area contributed by atoms with Gasteiger partial charge in [-0.25, -0.2) is 0 Å². The van der Waals surface area contributed by atoms with E-state index < -0.39 is 0 Å². The zero-order valence-corrected chi connectivity index (χ0v) is 16.0. The van der Waals surface area contributed by atoms with Crippen molar-refractivity contribution in [3.63, 3.8) is 0 Å². The normalized spacial score (nSPS) is 12.4. The Morgan fingerprint density at radius 1 is 0.708 bits per heavy atom. The van der Waals surface area contributed by atoms with Gasteiger partial charge < -0.3 is 15.3 Å². The lowest BCUT2D eigenvalue weighted by molar-refractivity contribution is 0.376. The van der Waals surface area contributed by atoms with E-state index in [-0.39, 0.29) is 28.1 Å². The van der Waals surface area contributed by atoms with Gasteiger partial charge in [0.25, 0.3) is 0 Å². The fraction of sp³-hybridized carbons (Fsp3) is 0.400. The second-order valence-electron chi connectivity index (χ2n) is 8.09. The zero-order valence-electron chi connectivity index (χ0n) is 15.1. The van der Waals surface area contributed by atoms with Crippen LogP contribution < -0.4 is 0 Å². The summed E-state index contributed by atoms with van der Waals surface area (Å²) in [5.74, 6) is 0.0627. The van der Waals surface area contributed by atoms with Crippen LogP contribution in [0.15, 0.2) is 40.1 Å². The fourth-order valence-electron chi connectivity index (χ4n) is 2.51. The first-order valence-electron chi connectivity index (χ1n) is 7.98. The quantitative estimate of drug-likeness (QED) is 0.624. The Kier molecular flexibility index (Phi) is 4.82. The Hall–Kier alpha value is -1.81. The van der Waals surface area contributed by atoms with Gasteiger partial charge >= 0.3 is 0 Å². The van der Waals surface area contributed by atoms with Crippen LogP contribution in [-0.4, -0.2) is 15.3 Å². The Morgan fingerprint density at radius 2 is 1.21 bits per heavy atom. The smallest absolute Gasteiger partial charge is 0.172 e. The van der Waals surface area contributed by atoms with Crippen LogP contribution in [0, 0.1) is 0 Å². The Labute approximate surface area is 148 Å². The molecule has 0 bridgehead atoms. The molecule has 0 saturated carbocycles. The van der Waals surface area contributed by atoms with Gasteiger partial charge in [0.2, 0.25) is 0 Å². The van der Waals surface area contributed by atoms with Crippen molar-refractivity contribution in [1.29, 1.82) is 0 Å². The summed E-state index contributed by atoms with van der Waals surface area (Å²) in [7, 11) is 0. The van der Waals surface area contributed by atoms with Gasteiger partial charge in [0.15, 0.2) is 11.5 Å². The Morgan fingerprint density at radius 3 is 1.67 bits per heavy atom. The molecule has 24 heavy (non-hydrogen) atoms. The van der Waals surface area contributed by atoms with Crippen molar-refractivity contribution >= 4 is 11.8 Å². The van der Waals surface area contributed by atoms with E-state index in [1.807, 2.05) is 26.8 Å². The van der Waals surface area contributed by atoms with Gasteiger partial charge in [-0.2, -0.15) is 0 Å². The molecule has 0 unspecified atom stereocenters. The van der Waals surface area contributed by atoms with Crippen LogP contribution in [0.1, 0.15) is 52.7 Å². The minimum Gasteiger partial charge on any atom is -0.508 e. The summed E-state index contributed by atoms with van der Waals surface area (Å²) in [6, 6.07) is 8.80. The maximum absolute atomic E-state index is 10.7. The Bertz CT molecular complexity index is 735. The number of aromatic hydroxyl groups is 3. The van der Waals surface area contributed by atoms with Crippen LogP contribution in [-0.2, 0) is 10.8 Å². The first-order chi connectivity index (χ1) is 10.9. The van der Waals surface area contributed by atoms with Gasteiger partial charge in [0.05, 0.1) is 4.90 Å². The summed E-state index contributed by atoms with van der Waals surface area (Å²) in [4.78, 5) is 1.54. The Balaban J connectivity index is 2.65. The SMILES string of the molecule is CC(C)(C)c1cc(C(C)(C)C)c(Sc2ccc(O)cc2)c(O)c1O. The molecule has 0 spiro atoms. The van der Waals surface area contributed by atoms with Crippen LogP contribution in [0.4, 0.5) is 0 Å². The molecular formula is C20H26O3S. The van der Waals surface area contributed by atoms with E-state index in [0.29, 0.717) is 4.90 Å². The van der Waals surface area contributed by atoms with Crippen molar-refractivity contribution < 1.29 is 15.3 Å². The highest BCUT2D eigenvalue weighted by molar-refractivity contribution is 7.99. The van der Waals surface area contributed by atoms with Gasteiger partial charge in [0, 0.05) is 10.5 Å². The van der Waals surface area contributed by atoms with Gasteiger partial charge in [-0.15, -0.1) is 0 Å². The maximum Gasteiger partial charge on any atom is 0.172 e. The standard InChI is InChI=1S/C20H26O3S/c1-19(2,3)14-11-15(20(4,5)6)18(17(23)16(14)22)24-13-9-7-12(21)8-10-13/h7-11,21-23H,1-6H3. The number of phenolic OH excluding ortho intramolecular Hbond substituents is 3. The highest BCUT2D eigenvalue weighted by Crippen LogP contribution is 2.49. The van der Waals surface area contributed by atoms with Gasteiger partial charge in [-0.05, 0) is 46.7 Å². The monoisotopic (exact) mass is 346 g/mol. The van der Waals surface area contributed by atoms with E-state index >= 15 is 0 Å². The summed E-state index contributed by atoms with van der Waals surface area (Å²) in [6.45, 7) is 12.3. The van der Waals surface area contributed by atoms with E-state index in [4.69, 9.17) is 0 Å². The zero-order chi connectivity index (χ0) is 18.3. The van der Waals surface area contributed by atoms with Crippen molar-refractivity contribution in [2.75, 3.05) is 0 Å². The third-order valence-corrected chi connectivity index (χ3v) is 5.03. The second kappa shape index (κ2) is 6.25. The molecule has 0 radical (unpaired) electrons. The number of rotatable bonds is 2. The highest BCUT2D eigenvalue weighted by atomic mass is 32.2. The molecule has 130 valence electrons. The minimum absolute atomic E-state index is 0.0585. The lowest BCUT2D eigenvalue weighted by Gasteiger charge is -2.29. The van der Waals surface area contributed by atoms with Crippen molar-refractivity contribution in [2.24, 2.45) is 0 Å². The molecule has 0 saturated heterocycles. The van der Waals surface area contributed by atoms with Crippen LogP contribution in [0.25, 0.3) is 0 Å². The predicted octanol–water partition coefficient (Wildman–Crippen LogP) is 5.55. The third-order valence-electron chi connectivity index (χ3n) is 3.90. The molecule has 2 aromatic carbocycles. The van der Waals surface area contributed by atoms with Crippen LogP contribution in [0.5, 0.6) is 17.2 Å². The molecule has 0 aromatic heterocycles. The number of benzene rings is 2. The average Bonchev–Trinajstić information content (AvgIpc) is 2.43. The molecule has 0 aliphatic rings. The molecule has 0 aliphatic carbocycles. The van der Waals surface area contributed by atoms with Crippen molar-refractivity contribution in [2.45, 2.75) is 62.2 Å². The molecule has 0 heterocycles. The van der Waals surface area contributed by atoms with E-state index in [2.05, 4.69) is 20.8 Å². The molecular weight excluding hydrogens is 320 g/mol. The summed E-state index contributed by atoms with van der Waals surface area (Å²) in [5.41, 5.74) is 1.26. The van der Waals surface area contributed by atoms with E-state index in [1.54, 1.807) is 24.3 Å². The van der Waals surface area contributed by atoms with Crippen LogP contribution >= 0.6 is 11.8 Å². The minimum atomic E-state index is -0.275. The third kappa shape index (κ3) is 3.81. The van der Waals surface area contributed by atoms with E-state index in [1.165, 1.54) is 11.8 Å². The molecule has 0 aliphatic heterocycles. The molecule has 0 atom stereocenters. The van der Waals surface area contributed by atoms with E-state index in [9.17, 15) is 15.3 Å². The average molecular weight is 346 g/mol. The summed E-state index contributed by atoms with van der Waals surface area (Å²) in [6.07, 6.45) is 0. The molecule has 2 rings (SSSR count). The molecule has 3 nitrogen and oxygen atoms in total. The highest BCUT2D eigenvalue weighted by Gasteiger charge is 2.29. The van der Waals surface area contributed by atoms with Gasteiger partial charge in [0.1, 0.15) is 5.75 Å². The van der Waals surface area contributed by atoms with Crippen molar-refractivity contribution in [3.8, 4) is 17.2 Å². The first-order valence-corrected chi connectivity index (χ1v) is 8.79. The second-order valence-corrected chi connectivity index (χ2v) is 9.18. The molecule has 0 amide bonds. The summed E-state index contributed by atoms with van der Waals surface area (Å²) in [5, 5.41) is 30.6. The van der Waals surface area contributed by atoms with Crippen LogP contribution in [0.2, 0.25) is 0 Å². The summed E-state index contributed by atoms with van der Waals surface area (Å²) < 4.78 is 0. The summed E-state index contributed by atoms with van der Waals surface area (Å²) >= 11 is 1.39. The van der Waals surface area contributed by atoms with E-state index in [0.717, 1.165) is 16.0 Å². The van der Waals surface area contributed by atoms with Crippen molar-refractivity contribution in [1.82, 2.24) is 0 Å². The van der Waals surface area contributed by atoms with Crippen LogP contribution in [0.3, 0.4) is 0 Å². The van der Waals surface area contributed by atoms with Gasteiger partial charge in [-0.1, -0.05) is 53.3 Å². The first kappa shape index (κ1) is 18.5. The fourth-order valence-corrected chi connectivity index (χ4v) is 3.68. The lowest BCUT2D eigenvalue weighted by Crippen LogP contribution is -2.17. The van der Waals surface area contributed by atoms with Gasteiger partial charge in [-0.3, -0.25) is 0 Å². The molecule has 0 fully saturated rings. The van der Waals surface area contributed by atoms with Crippen molar-refractivity contribution in [3.05, 3.63) is 41.5 Å². The topological polar surface area (TPSA) is 60.7 Å². The molecule has 3 N–H and O–H groups in total. The number of hydrogen-bond acceptors (Lipinski definition) is 4. The number of phenols is 3. The number of hydrogen-bond donors (Lipinski definition) is 3. The molecule has 4 heteroatoms. The maximum atomic E-state index is 10.7. The predicted molar refractivity (Wildman–Crippen MR) is 99.4 cm³/mol.